The van der Waals surface area contributed by atoms with Gasteiger partial charge in [-0.2, -0.15) is 18.3 Å². The van der Waals surface area contributed by atoms with E-state index >= 15 is 0 Å². The number of aromatic nitrogens is 2. The Morgan fingerprint density at radius 3 is 2.36 bits per heavy atom. The molecule has 0 saturated carbocycles. The minimum atomic E-state index is -4.58. The number of rotatable bonds is 2. The second-order valence-corrected chi connectivity index (χ2v) is 3.17. The van der Waals surface area contributed by atoms with Gasteiger partial charge < -0.3 is 0 Å². The van der Waals surface area contributed by atoms with Gasteiger partial charge in [-0.1, -0.05) is 13.8 Å². The van der Waals surface area contributed by atoms with Crippen molar-refractivity contribution in [3.63, 3.8) is 0 Å². The average Bonchev–Trinajstić information content (AvgIpc) is 2.45. The first kappa shape index (κ1) is 10.7. The molecule has 0 saturated heterocycles. The summed E-state index contributed by atoms with van der Waals surface area (Å²) in [6.45, 7) is 3.36. The highest BCUT2D eigenvalue weighted by Crippen LogP contribution is 2.32. The van der Waals surface area contributed by atoms with E-state index in [1.807, 2.05) is 0 Å². The molecule has 0 aliphatic rings. The Hall–Kier alpha value is -1.33. The van der Waals surface area contributed by atoms with Gasteiger partial charge in [0.05, 0.1) is 5.56 Å². The third-order valence-electron chi connectivity index (χ3n) is 1.80. The van der Waals surface area contributed by atoms with Gasteiger partial charge in [0, 0.05) is 5.69 Å². The lowest BCUT2D eigenvalue weighted by atomic mass is 10.0. The van der Waals surface area contributed by atoms with Gasteiger partial charge in [0.2, 0.25) is 0 Å². The molecule has 0 aliphatic carbocycles. The highest BCUT2D eigenvalue weighted by atomic mass is 19.4. The van der Waals surface area contributed by atoms with Gasteiger partial charge in [0.25, 0.3) is 0 Å². The van der Waals surface area contributed by atoms with Gasteiger partial charge in [-0.25, -0.2) is 0 Å². The maximum absolute atomic E-state index is 12.3. The van der Waals surface area contributed by atoms with Crippen molar-refractivity contribution >= 4 is 6.29 Å². The summed E-state index contributed by atoms with van der Waals surface area (Å²) >= 11 is 0. The van der Waals surface area contributed by atoms with Gasteiger partial charge in [-0.15, -0.1) is 0 Å². The molecule has 0 radical (unpaired) electrons. The molecule has 0 bridgehead atoms. The van der Waals surface area contributed by atoms with E-state index in [0.717, 1.165) is 0 Å². The van der Waals surface area contributed by atoms with Crippen molar-refractivity contribution in [3.8, 4) is 0 Å². The summed E-state index contributed by atoms with van der Waals surface area (Å²) in [6.07, 6.45) is -4.40. The van der Waals surface area contributed by atoms with Crippen LogP contribution in [-0.2, 0) is 6.18 Å². The highest BCUT2D eigenvalue weighted by molar-refractivity contribution is 5.78. The molecule has 1 heterocycles. The minimum Gasteiger partial charge on any atom is -0.298 e. The number of halogens is 3. The molecule has 6 heteroatoms. The number of hydrogen-bond acceptors (Lipinski definition) is 2. The van der Waals surface area contributed by atoms with Crippen LogP contribution in [0.2, 0.25) is 0 Å². The Kier molecular flexibility index (Phi) is 2.64. The number of aromatic amines is 1. The van der Waals surface area contributed by atoms with Crippen LogP contribution in [0.25, 0.3) is 0 Å². The van der Waals surface area contributed by atoms with Crippen molar-refractivity contribution in [1.29, 1.82) is 0 Å². The predicted molar refractivity (Wildman–Crippen MR) is 43.1 cm³/mol. The van der Waals surface area contributed by atoms with Gasteiger partial charge >= 0.3 is 6.18 Å². The Morgan fingerprint density at radius 2 is 2.00 bits per heavy atom. The molecule has 78 valence electrons. The highest BCUT2D eigenvalue weighted by Gasteiger charge is 2.38. The second kappa shape index (κ2) is 3.43. The molecule has 0 aromatic carbocycles. The number of nitrogens with one attached hydrogen (secondary N) is 1. The molecule has 1 aromatic heterocycles. The first-order chi connectivity index (χ1) is 6.38. The molecule has 0 aliphatic heterocycles. The van der Waals surface area contributed by atoms with E-state index in [1.165, 1.54) is 0 Å². The number of nitrogens with zero attached hydrogens (tertiary/aromatic N) is 1. The number of aldehydes is 1. The maximum Gasteiger partial charge on any atom is 0.435 e. The van der Waals surface area contributed by atoms with E-state index in [1.54, 1.807) is 13.8 Å². The van der Waals surface area contributed by atoms with Crippen LogP contribution in [0, 0.1) is 0 Å². The summed E-state index contributed by atoms with van der Waals surface area (Å²) in [4.78, 5) is 10.5. The molecule has 0 unspecified atom stereocenters. The SMILES string of the molecule is CC(C)c1[nH]nc(C(F)(F)F)c1C=O. The van der Waals surface area contributed by atoms with E-state index < -0.39 is 17.4 Å². The summed E-state index contributed by atoms with van der Waals surface area (Å²) in [6, 6.07) is 0. The Morgan fingerprint density at radius 1 is 1.43 bits per heavy atom. The zero-order valence-electron chi connectivity index (χ0n) is 7.64. The average molecular weight is 206 g/mol. The van der Waals surface area contributed by atoms with Crippen LogP contribution in [-0.4, -0.2) is 16.5 Å². The number of carbonyl (C=O) groups excluding carboxylic acids is 1. The van der Waals surface area contributed by atoms with Crippen LogP contribution in [0.4, 0.5) is 13.2 Å². The normalized spacial score (nSPS) is 12.1. The van der Waals surface area contributed by atoms with E-state index in [2.05, 4.69) is 10.2 Å². The standard InChI is InChI=1S/C8H9F3N2O/c1-4(2)6-5(3-14)7(13-12-6)8(9,10)11/h3-4H,1-2H3,(H,12,13). The lowest BCUT2D eigenvalue weighted by Crippen LogP contribution is -2.09. The van der Waals surface area contributed by atoms with Crippen LogP contribution in [0.1, 0.15) is 41.5 Å². The summed E-state index contributed by atoms with van der Waals surface area (Å²) in [5.74, 6) is -0.196. The van der Waals surface area contributed by atoms with Crippen LogP contribution in [0.3, 0.4) is 0 Å². The molecule has 0 fully saturated rings. The van der Waals surface area contributed by atoms with E-state index in [0.29, 0.717) is 0 Å². The molecule has 1 rings (SSSR count). The van der Waals surface area contributed by atoms with Gasteiger partial charge in [0.15, 0.2) is 12.0 Å². The Labute approximate surface area is 78.3 Å². The van der Waals surface area contributed by atoms with E-state index in [4.69, 9.17) is 0 Å². The van der Waals surface area contributed by atoms with Crippen molar-refractivity contribution in [2.75, 3.05) is 0 Å². The molecular weight excluding hydrogens is 197 g/mol. The first-order valence-electron chi connectivity index (χ1n) is 3.98. The van der Waals surface area contributed by atoms with Crippen LogP contribution < -0.4 is 0 Å². The van der Waals surface area contributed by atoms with Gasteiger partial charge in [0.1, 0.15) is 0 Å². The minimum absolute atomic E-state index is 0.182. The van der Waals surface area contributed by atoms with Gasteiger partial charge in [-0.3, -0.25) is 9.89 Å². The Bertz CT molecular complexity index is 341. The molecule has 0 spiro atoms. The lowest BCUT2D eigenvalue weighted by Gasteiger charge is -2.04. The summed E-state index contributed by atoms with van der Waals surface area (Å²) in [7, 11) is 0. The molecule has 3 nitrogen and oxygen atoms in total. The fourth-order valence-electron chi connectivity index (χ4n) is 1.14. The van der Waals surface area contributed by atoms with E-state index in [9.17, 15) is 18.0 Å². The van der Waals surface area contributed by atoms with Crippen LogP contribution in [0.5, 0.6) is 0 Å². The molecule has 1 aromatic rings. The summed E-state index contributed by atoms with van der Waals surface area (Å²) < 4.78 is 36.8. The monoisotopic (exact) mass is 206 g/mol. The van der Waals surface area contributed by atoms with Crippen molar-refractivity contribution in [2.45, 2.75) is 25.9 Å². The molecule has 0 atom stereocenters. The van der Waals surface area contributed by atoms with E-state index in [-0.39, 0.29) is 17.9 Å². The number of carbonyl (C=O) groups is 1. The number of hydrogen-bond donors (Lipinski definition) is 1. The molecule has 1 N–H and O–H groups in total. The predicted octanol–water partition coefficient (Wildman–Crippen LogP) is 2.36. The summed E-state index contributed by atoms with van der Waals surface area (Å²) in [5, 5.41) is 5.33. The Balaban J connectivity index is 3.28. The zero-order chi connectivity index (χ0) is 10.9. The summed E-state index contributed by atoms with van der Waals surface area (Å²) in [5.41, 5.74) is -1.32. The smallest absolute Gasteiger partial charge is 0.298 e. The number of H-pyrrole nitrogens is 1. The van der Waals surface area contributed by atoms with Gasteiger partial charge in [-0.05, 0) is 5.92 Å². The van der Waals surface area contributed by atoms with Crippen molar-refractivity contribution in [1.82, 2.24) is 10.2 Å². The largest absolute Gasteiger partial charge is 0.435 e. The first-order valence-corrected chi connectivity index (χ1v) is 3.98. The quantitative estimate of drug-likeness (QED) is 0.755. The topological polar surface area (TPSA) is 45.8 Å². The fraction of sp³-hybridized carbons (Fsp3) is 0.500. The van der Waals surface area contributed by atoms with Crippen LogP contribution >= 0.6 is 0 Å². The lowest BCUT2D eigenvalue weighted by molar-refractivity contribution is -0.141. The van der Waals surface area contributed by atoms with Crippen molar-refractivity contribution in [2.24, 2.45) is 0 Å². The zero-order valence-corrected chi connectivity index (χ0v) is 7.64. The number of alkyl halides is 3. The third kappa shape index (κ3) is 1.78. The third-order valence-corrected chi connectivity index (χ3v) is 1.80. The maximum atomic E-state index is 12.3. The second-order valence-electron chi connectivity index (χ2n) is 3.17. The fourth-order valence-corrected chi connectivity index (χ4v) is 1.14. The molecule has 0 amide bonds. The molecule has 14 heavy (non-hydrogen) atoms. The van der Waals surface area contributed by atoms with Crippen LogP contribution in [0.15, 0.2) is 0 Å². The molecular formula is C8H9F3N2O. The van der Waals surface area contributed by atoms with Crippen molar-refractivity contribution in [3.05, 3.63) is 17.0 Å². The van der Waals surface area contributed by atoms with Crippen molar-refractivity contribution < 1.29 is 18.0 Å².